The summed E-state index contributed by atoms with van der Waals surface area (Å²) in [6.45, 7) is 0. The number of benzene rings is 3. The normalized spacial score (nSPS) is 10.9. The summed E-state index contributed by atoms with van der Waals surface area (Å²) in [4.78, 5) is 9.08. The summed E-state index contributed by atoms with van der Waals surface area (Å²) in [6.07, 6.45) is 3.55. The van der Waals surface area contributed by atoms with Crippen molar-refractivity contribution in [3.05, 3.63) is 97.2 Å². The molecule has 5 nitrogen and oxygen atoms in total. The van der Waals surface area contributed by atoms with Gasteiger partial charge in [0.1, 0.15) is 23.7 Å². The molecule has 0 unspecified atom stereocenters. The molecule has 31 heavy (non-hydrogen) atoms. The van der Waals surface area contributed by atoms with Crippen molar-refractivity contribution in [2.45, 2.75) is 0 Å². The van der Waals surface area contributed by atoms with Crippen molar-refractivity contribution < 1.29 is 9.13 Å². The first-order valence-electron chi connectivity index (χ1n) is 9.81. The van der Waals surface area contributed by atoms with Crippen molar-refractivity contribution in [1.82, 2.24) is 14.5 Å². The second-order valence-electron chi connectivity index (χ2n) is 7.03. The zero-order valence-corrected chi connectivity index (χ0v) is 16.8. The summed E-state index contributed by atoms with van der Waals surface area (Å²) in [5.74, 6) is 1.20. The van der Waals surface area contributed by atoms with Gasteiger partial charge in [0, 0.05) is 23.1 Å². The lowest BCUT2D eigenvalue weighted by Gasteiger charge is -2.09. The standard InChI is InChI=1S/C25H19FN4O/c1-31-21-13-9-19(10-14-21)29-24-23-22(17-5-3-2-4-6-17)15-30(25(23)28-16-27-24)20-11-7-18(26)8-12-20/h2-16H,1H3,(H,27,28,29). The highest BCUT2D eigenvalue weighted by Crippen LogP contribution is 2.36. The van der Waals surface area contributed by atoms with E-state index in [1.807, 2.05) is 65.4 Å². The molecule has 6 heteroatoms. The fourth-order valence-corrected chi connectivity index (χ4v) is 3.60. The van der Waals surface area contributed by atoms with Gasteiger partial charge >= 0.3 is 0 Å². The van der Waals surface area contributed by atoms with Crippen LogP contribution in [-0.2, 0) is 0 Å². The van der Waals surface area contributed by atoms with Crippen LogP contribution in [0.2, 0.25) is 0 Å². The topological polar surface area (TPSA) is 52.0 Å². The van der Waals surface area contributed by atoms with E-state index < -0.39 is 0 Å². The minimum atomic E-state index is -0.278. The van der Waals surface area contributed by atoms with Gasteiger partial charge in [-0.05, 0) is 54.1 Å². The molecule has 0 aliphatic rings. The Balaban J connectivity index is 1.70. The first-order chi connectivity index (χ1) is 15.2. The average molecular weight is 410 g/mol. The molecule has 0 bridgehead atoms. The van der Waals surface area contributed by atoms with Gasteiger partial charge < -0.3 is 14.6 Å². The fraction of sp³-hybridized carbons (Fsp3) is 0.0400. The lowest BCUT2D eigenvalue weighted by molar-refractivity contribution is 0.415. The molecule has 0 spiro atoms. The van der Waals surface area contributed by atoms with Gasteiger partial charge in [0.2, 0.25) is 0 Å². The van der Waals surface area contributed by atoms with Gasteiger partial charge in [-0.3, -0.25) is 0 Å². The second kappa shape index (κ2) is 7.91. The number of nitrogens with zero attached hydrogens (tertiary/aromatic N) is 3. The van der Waals surface area contributed by atoms with E-state index in [1.54, 1.807) is 19.2 Å². The highest BCUT2D eigenvalue weighted by molar-refractivity contribution is 6.03. The molecule has 3 aromatic carbocycles. The Bertz CT molecular complexity index is 1330. The van der Waals surface area contributed by atoms with Crippen molar-refractivity contribution in [2.24, 2.45) is 0 Å². The minimum absolute atomic E-state index is 0.278. The highest BCUT2D eigenvalue weighted by atomic mass is 19.1. The first-order valence-corrected chi connectivity index (χ1v) is 9.81. The van der Waals surface area contributed by atoms with Crippen LogP contribution in [0.5, 0.6) is 5.75 Å². The Kier molecular flexibility index (Phi) is 4.80. The lowest BCUT2D eigenvalue weighted by atomic mass is 10.1. The third-order valence-electron chi connectivity index (χ3n) is 5.13. The Morgan fingerprint density at radius 1 is 0.871 bits per heavy atom. The monoisotopic (exact) mass is 410 g/mol. The van der Waals surface area contributed by atoms with Crippen LogP contribution in [0.4, 0.5) is 15.9 Å². The Hall–Kier alpha value is -4.19. The second-order valence-corrected chi connectivity index (χ2v) is 7.03. The van der Waals surface area contributed by atoms with E-state index in [2.05, 4.69) is 15.3 Å². The van der Waals surface area contributed by atoms with Crippen LogP contribution in [0.1, 0.15) is 0 Å². The van der Waals surface area contributed by atoms with E-state index in [1.165, 1.54) is 18.5 Å². The molecule has 5 aromatic rings. The average Bonchev–Trinajstić information content (AvgIpc) is 3.21. The summed E-state index contributed by atoms with van der Waals surface area (Å²) in [5.41, 5.74) is 4.46. The maximum Gasteiger partial charge on any atom is 0.150 e. The van der Waals surface area contributed by atoms with Crippen LogP contribution in [0.3, 0.4) is 0 Å². The van der Waals surface area contributed by atoms with Crippen molar-refractivity contribution in [3.63, 3.8) is 0 Å². The van der Waals surface area contributed by atoms with Crippen molar-refractivity contribution in [1.29, 1.82) is 0 Å². The SMILES string of the molecule is COc1ccc(Nc2ncnc3c2c(-c2ccccc2)cn3-c2ccc(F)cc2)cc1. The number of fused-ring (bicyclic) bond motifs is 1. The molecule has 152 valence electrons. The number of ether oxygens (including phenoxy) is 1. The third-order valence-corrected chi connectivity index (χ3v) is 5.13. The number of nitrogens with one attached hydrogen (secondary N) is 1. The Morgan fingerprint density at radius 3 is 2.32 bits per heavy atom. The number of anilines is 2. The first kappa shape index (κ1) is 18.8. The molecule has 0 amide bonds. The molecule has 0 atom stereocenters. The highest BCUT2D eigenvalue weighted by Gasteiger charge is 2.17. The van der Waals surface area contributed by atoms with Crippen LogP contribution in [0, 0.1) is 5.82 Å². The zero-order valence-electron chi connectivity index (χ0n) is 16.8. The number of rotatable bonds is 5. The van der Waals surface area contributed by atoms with E-state index in [-0.39, 0.29) is 5.82 Å². The minimum Gasteiger partial charge on any atom is -0.497 e. The van der Waals surface area contributed by atoms with Crippen molar-refractivity contribution in [2.75, 3.05) is 12.4 Å². The molecule has 1 N–H and O–H groups in total. The van der Waals surface area contributed by atoms with Crippen LogP contribution >= 0.6 is 0 Å². The predicted molar refractivity (Wildman–Crippen MR) is 121 cm³/mol. The van der Waals surface area contributed by atoms with E-state index in [9.17, 15) is 4.39 Å². The maximum atomic E-state index is 13.5. The summed E-state index contributed by atoms with van der Waals surface area (Å²) in [5, 5.41) is 4.29. The van der Waals surface area contributed by atoms with Gasteiger partial charge in [0.15, 0.2) is 5.65 Å². The smallest absolute Gasteiger partial charge is 0.150 e. The summed E-state index contributed by atoms with van der Waals surface area (Å²) in [7, 11) is 1.64. The van der Waals surface area contributed by atoms with Crippen LogP contribution in [-0.4, -0.2) is 21.6 Å². The predicted octanol–water partition coefficient (Wildman–Crippen LogP) is 5.98. The maximum absolute atomic E-state index is 13.5. The van der Waals surface area contributed by atoms with Crippen LogP contribution < -0.4 is 10.1 Å². The molecule has 0 radical (unpaired) electrons. The Morgan fingerprint density at radius 2 is 1.61 bits per heavy atom. The summed E-state index contributed by atoms with van der Waals surface area (Å²) < 4.78 is 20.7. The van der Waals surface area contributed by atoms with E-state index >= 15 is 0 Å². The lowest BCUT2D eigenvalue weighted by Crippen LogP contribution is -1.98. The van der Waals surface area contributed by atoms with Crippen molar-refractivity contribution in [3.8, 4) is 22.6 Å². The largest absolute Gasteiger partial charge is 0.497 e. The number of halogens is 1. The van der Waals surface area contributed by atoms with Gasteiger partial charge in [0.05, 0.1) is 12.5 Å². The fourth-order valence-electron chi connectivity index (χ4n) is 3.60. The Labute approximate surface area is 178 Å². The molecule has 0 aliphatic heterocycles. The van der Waals surface area contributed by atoms with Crippen molar-refractivity contribution >= 4 is 22.5 Å². The van der Waals surface area contributed by atoms with Gasteiger partial charge in [-0.25, -0.2) is 14.4 Å². The molecule has 2 heterocycles. The van der Waals surface area contributed by atoms with Gasteiger partial charge in [-0.2, -0.15) is 0 Å². The van der Waals surface area contributed by atoms with Gasteiger partial charge in [0.25, 0.3) is 0 Å². The number of hydrogen-bond donors (Lipinski definition) is 1. The summed E-state index contributed by atoms with van der Waals surface area (Å²) >= 11 is 0. The molecular weight excluding hydrogens is 391 g/mol. The van der Waals surface area contributed by atoms with Gasteiger partial charge in [-0.15, -0.1) is 0 Å². The molecule has 0 fully saturated rings. The number of hydrogen-bond acceptors (Lipinski definition) is 4. The van der Waals surface area contributed by atoms with Gasteiger partial charge in [-0.1, -0.05) is 30.3 Å². The number of aromatic nitrogens is 3. The van der Waals surface area contributed by atoms with Crippen LogP contribution in [0.25, 0.3) is 27.8 Å². The quantitative estimate of drug-likeness (QED) is 0.387. The zero-order chi connectivity index (χ0) is 21.2. The molecule has 2 aromatic heterocycles. The summed E-state index contributed by atoms with van der Waals surface area (Å²) in [6, 6.07) is 24.1. The van der Waals surface area contributed by atoms with E-state index in [0.29, 0.717) is 5.82 Å². The third kappa shape index (κ3) is 3.59. The van der Waals surface area contributed by atoms with E-state index in [0.717, 1.165) is 39.3 Å². The molecule has 5 rings (SSSR count). The van der Waals surface area contributed by atoms with Crippen LogP contribution in [0.15, 0.2) is 91.4 Å². The molecule has 0 saturated carbocycles. The van der Waals surface area contributed by atoms with E-state index in [4.69, 9.17) is 4.74 Å². The molecule has 0 aliphatic carbocycles. The molecule has 0 saturated heterocycles. The molecular formula is C25H19FN4O. The number of methoxy groups -OCH3 is 1.